The van der Waals surface area contributed by atoms with Crippen LogP contribution in [-0.2, 0) is 5.41 Å². The molecule has 0 fully saturated rings. The van der Waals surface area contributed by atoms with Gasteiger partial charge in [-0.1, -0.05) is 44.5 Å². The van der Waals surface area contributed by atoms with E-state index < -0.39 is 12.4 Å². The molecule has 0 nitrogen and oxygen atoms in total. The van der Waals surface area contributed by atoms with E-state index in [1.165, 1.54) is 6.07 Å². The average molecular weight is 275 g/mol. The molecule has 0 aliphatic heterocycles. The van der Waals surface area contributed by atoms with Gasteiger partial charge >= 0.3 is 58.4 Å². The van der Waals surface area contributed by atoms with Crippen LogP contribution >= 0.6 is 11.6 Å². The van der Waals surface area contributed by atoms with E-state index in [9.17, 15) is 12.9 Å². The van der Waals surface area contributed by atoms with Gasteiger partial charge in [-0.25, -0.2) is 0 Å². The maximum atomic E-state index is 12.5. The molecule has 0 aliphatic rings. The van der Waals surface area contributed by atoms with Gasteiger partial charge in [0.15, 0.2) is 0 Å². The molecule has 0 aromatic heterocycles. The van der Waals surface area contributed by atoms with Gasteiger partial charge in [0, 0.05) is 5.02 Å². The molecule has 0 heterocycles. The van der Waals surface area contributed by atoms with Crippen molar-refractivity contribution >= 4 is 24.0 Å². The summed E-state index contributed by atoms with van der Waals surface area (Å²) in [5.74, 6) is 0. The van der Waals surface area contributed by atoms with Crippen molar-refractivity contribution in [2.75, 3.05) is 0 Å². The quantitative estimate of drug-likeness (QED) is 0.661. The predicted molar refractivity (Wildman–Crippen MR) is 58.9 cm³/mol. The van der Waals surface area contributed by atoms with Crippen molar-refractivity contribution in [3.05, 3.63) is 28.8 Å². The van der Waals surface area contributed by atoms with E-state index in [2.05, 4.69) is 0 Å². The van der Waals surface area contributed by atoms with Gasteiger partial charge in [0.05, 0.1) is 0 Å². The standard InChI is InChI=1S/C10H12BClF3.K/c1-10(2,3)8-6-7(11(13,14)15)4-5-9(8)12;/h4-6H,1-3H3;/q-1;+1. The largest absolute Gasteiger partial charge is 1.00 e. The second-order valence-corrected chi connectivity index (χ2v) is 4.97. The molecular weight excluding hydrogens is 262 g/mol. The van der Waals surface area contributed by atoms with Gasteiger partial charge in [0.1, 0.15) is 0 Å². The molecule has 0 radical (unpaired) electrons. The van der Waals surface area contributed by atoms with Crippen LogP contribution < -0.4 is 56.8 Å². The molecule has 84 valence electrons. The molecular formula is C10H12BClF3K. The van der Waals surface area contributed by atoms with Crippen LogP contribution in [-0.4, -0.2) is 6.98 Å². The molecule has 1 aromatic carbocycles. The van der Waals surface area contributed by atoms with Crippen molar-refractivity contribution in [1.29, 1.82) is 0 Å². The fourth-order valence-electron chi connectivity index (χ4n) is 1.32. The number of hydrogen-bond donors (Lipinski definition) is 0. The van der Waals surface area contributed by atoms with Crippen LogP contribution in [0.5, 0.6) is 0 Å². The minimum atomic E-state index is -4.95. The third kappa shape index (κ3) is 4.35. The molecule has 0 amide bonds. The van der Waals surface area contributed by atoms with E-state index in [0.717, 1.165) is 12.1 Å². The Morgan fingerprint density at radius 1 is 1.12 bits per heavy atom. The zero-order chi connectivity index (χ0) is 11.9. The summed E-state index contributed by atoms with van der Waals surface area (Å²) in [5.41, 5.74) is -0.445. The first kappa shape index (κ1) is 17.0. The Hall–Kier alpha value is 1.00. The maximum absolute atomic E-state index is 12.5. The van der Waals surface area contributed by atoms with Crippen LogP contribution in [0.4, 0.5) is 12.9 Å². The molecule has 0 N–H and O–H groups in total. The van der Waals surface area contributed by atoms with Gasteiger partial charge in [-0.15, -0.1) is 5.46 Å². The fraction of sp³-hybridized carbons (Fsp3) is 0.400. The van der Waals surface area contributed by atoms with Gasteiger partial charge in [0.25, 0.3) is 0 Å². The van der Waals surface area contributed by atoms with E-state index in [0.29, 0.717) is 10.6 Å². The Morgan fingerprint density at radius 2 is 1.62 bits per heavy atom. The zero-order valence-corrected chi connectivity index (χ0v) is 13.7. The third-order valence-electron chi connectivity index (χ3n) is 2.18. The molecule has 0 bridgehead atoms. The van der Waals surface area contributed by atoms with Gasteiger partial charge in [-0.05, 0) is 17.0 Å². The normalized spacial score (nSPS) is 12.2. The molecule has 0 atom stereocenters. The minimum absolute atomic E-state index is 0. The summed E-state index contributed by atoms with van der Waals surface area (Å²) in [7, 11) is 0. The van der Waals surface area contributed by atoms with Crippen LogP contribution in [0.2, 0.25) is 5.02 Å². The molecule has 16 heavy (non-hydrogen) atoms. The van der Waals surface area contributed by atoms with E-state index in [1.807, 2.05) is 20.8 Å². The van der Waals surface area contributed by atoms with E-state index in [4.69, 9.17) is 11.6 Å². The summed E-state index contributed by atoms with van der Waals surface area (Å²) in [4.78, 5) is 0. The smallest absolute Gasteiger partial charge is 0.445 e. The molecule has 0 unspecified atom stereocenters. The minimum Gasteiger partial charge on any atom is -0.445 e. The molecule has 0 spiro atoms. The van der Waals surface area contributed by atoms with Gasteiger partial charge in [-0.3, -0.25) is 0 Å². The van der Waals surface area contributed by atoms with E-state index in [-0.39, 0.29) is 56.8 Å². The van der Waals surface area contributed by atoms with Gasteiger partial charge < -0.3 is 12.9 Å². The first-order valence-electron chi connectivity index (χ1n) is 4.62. The number of halogens is 4. The second kappa shape index (κ2) is 5.76. The molecule has 1 aromatic rings. The van der Waals surface area contributed by atoms with Crippen molar-refractivity contribution < 1.29 is 64.3 Å². The van der Waals surface area contributed by atoms with Crippen molar-refractivity contribution in [1.82, 2.24) is 0 Å². The number of rotatable bonds is 1. The van der Waals surface area contributed by atoms with Crippen LogP contribution in [0.3, 0.4) is 0 Å². The predicted octanol–water partition coefficient (Wildman–Crippen LogP) is 0.696. The molecule has 0 saturated carbocycles. The van der Waals surface area contributed by atoms with Crippen molar-refractivity contribution in [2.45, 2.75) is 26.2 Å². The van der Waals surface area contributed by atoms with Crippen molar-refractivity contribution in [3.8, 4) is 0 Å². The van der Waals surface area contributed by atoms with Crippen LogP contribution in [0.25, 0.3) is 0 Å². The molecule has 6 heteroatoms. The average Bonchev–Trinajstić information content (AvgIpc) is 2.00. The summed E-state index contributed by atoms with van der Waals surface area (Å²) in [5, 5.41) is 0.381. The Morgan fingerprint density at radius 3 is 2.00 bits per heavy atom. The molecule has 0 aliphatic carbocycles. The van der Waals surface area contributed by atoms with Crippen molar-refractivity contribution in [3.63, 3.8) is 0 Å². The second-order valence-electron chi connectivity index (χ2n) is 4.56. The fourth-order valence-corrected chi connectivity index (χ4v) is 1.72. The summed E-state index contributed by atoms with van der Waals surface area (Å²) in [6, 6.07) is 3.48. The topological polar surface area (TPSA) is 0 Å². The van der Waals surface area contributed by atoms with Crippen LogP contribution in [0.15, 0.2) is 18.2 Å². The van der Waals surface area contributed by atoms with E-state index in [1.54, 1.807) is 0 Å². The Kier molecular flexibility index (Phi) is 6.12. The SMILES string of the molecule is CC(C)(C)c1cc([B-](F)(F)F)ccc1Cl.[K+]. The molecule has 1 rings (SSSR count). The Bertz CT molecular complexity index is 371. The number of benzene rings is 1. The summed E-state index contributed by atoms with van der Waals surface area (Å²) in [6.45, 7) is 0.555. The van der Waals surface area contributed by atoms with Crippen LogP contribution in [0, 0.1) is 0 Å². The number of hydrogen-bond acceptors (Lipinski definition) is 0. The van der Waals surface area contributed by atoms with Gasteiger partial charge in [0.2, 0.25) is 0 Å². The first-order valence-corrected chi connectivity index (χ1v) is 5.00. The monoisotopic (exact) mass is 274 g/mol. The third-order valence-corrected chi connectivity index (χ3v) is 2.51. The van der Waals surface area contributed by atoms with Gasteiger partial charge in [-0.2, -0.15) is 0 Å². The zero-order valence-electron chi connectivity index (χ0n) is 9.82. The maximum Gasteiger partial charge on any atom is 1.00 e. The van der Waals surface area contributed by atoms with E-state index >= 15 is 0 Å². The summed E-state index contributed by atoms with van der Waals surface area (Å²) >= 11 is 5.87. The summed E-state index contributed by atoms with van der Waals surface area (Å²) in [6.07, 6.45) is 0. The van der Waals surface area contributed by atoms with Crippen LogP contribution in [0.1, 0.15) is 26.3 Å². The summed E-state index contributed by atoms with van der Waals surface area (Å²) < 4.78 is 37.5. The first-order chi connectivity index (χ1) is 6.62. The van der Waals surface area contributed by atoms with Crippen molar-refractivity contribution in [2.24, 2.45) is 0 Å². The Labute approximate surface area is 141 Å². The Balaban J connectivity index is 0.00000225. The molecule has 0 saturated heterocycles.